The number of likely N-dealkylation sites (N-methyl/N-ethyl adjacent to an activating group) is 1. The summed E-state index contributed by atoms with van der Waals surface area (Å²) in [5.41, 5.74) is 0. The number of carbonyl (C=O) groups excluding carboxylic acids is 1. The summed E-state index contributed by atoms with van der Waals surface area (Å²) in [5, 5.41) is 0. The molecule has 56 heavy (non-hydrogen) atoms. The average Bonchev–Trinajstić information content (AvgIpc) is 3.15. The first kappa shape index (κ1) is 54.5. The van der Waals surface area contributed by atoms with Crippen LogP contribution in [0.3, 0.4) is 0 Å². The topological polar surface area (TPSA) is 91.3 Å². The molecule has 0 aromatic heterocycles. The van der Waals surface area contributed by atoms with Crippen LogP contribution >= 0.6 is 7.82 Å². The summed E-state index contributed by atoms with van der Waals surface area (Å²) >= 11 is 0. The molecule has 0 heterocycles. The number of nitrogens with zero attached hydrogens (tertiary/aromatic N) is 1. The molecule has 328 valence electrons. The van der Waals surface area contributed by atoms with Gasteiger partial charge in [-0.2, -0.15) is 0 Å². The van der Waals surface area contributed by atoms with Crippen molar-refractivity contribution in [2.75, 3.05) is 54.1 Å². The molecule has 0 saturated carbocycles. The molecule has 0 aromatic rings. The minimum Gasteiger partial charge on any atom is -0.457 e. The molecule has 0 fully saturated rings. The first-order valence-electron chi connectivity index (χ1n) is 22.9. The van der Waals surface area contributed by atoms with Crippen LogP contribution in [0.1, 0.15) is 187 Å². The average molecular weight is 811 g/mol. The zero-order valence-corrected chi connectivity index (χ0v) is 38.0. The number of phosphoric acid groups is 1. The van der Waals surface area contributed by atoms with Crippen LogP contribution in [0.2, 0.25) is 0 Å². The van der Waals surface area contributed by atoms with E-state index in [0.717, 1.165) is 51.4 Å². The van der Waals surface area contributed by atoms with E-state index in [0.29, 0.717) is 24.1 Å². The van der Waals surface area contributed by atoms with Crippen LogP contribution in [-0.2, 0) is 27.9 Å². The molecule has 0 saturated heterocycles. The van der Waals surface area contributed by atoms with E-state index in [-0.39, 0.29) is 32.2 Å². The standard InChI is InChI=1S/C47H88NO7P/c1-6-8-10-12-14-16-18-20-22-23-24-25-27-29-31-33-35-37-39-42-52-44-46(45-54-56(50,51)53-43-41-48(3,4)5)55-47(49)40-38-36-34-32-30-28-26-21-19-17-15-13-11-9-7-2/h9,11,15,17,21,26,30,32,46H,6-8,10,12-14,16,18-20,22-25,27-29,31,33-45H2,1-5H3/p+1/b11-9-,17-15-,26-21-,32-30-. The molecule has 0 bridgehead atoms. The van der Waals surface area contributed by atoms with Gasteiger partial charge in [0.25, 0.3) is 0 Å². The van der Waals surface area contributed by atoms with Crippen LogP contribution in [0.4, 0.5) is 0 Å². The van der Waals surface area contributed by atoms with Crippen molar-refractivity contribution >= 4 is 13.8 Å². The van der Waals surface area contributed by atoms with E-state index < -0.39 is 13.9 Å². The number of rotatable bonds is 42. The van der Waals surface area contributed by atoms with Crippen molar-refractivity contribution in [2.24, 2.45) is 0 Å². The van der Waals surface area contributed by atoms with Crippen LogP contribution in [0, 0.1) is 0 Å². The molecule has 1 N–H and O–H groups in total. The van der Waals surface area contributed by atoms with Crippen LogP contribution < -0.4 is 0 Å². The maximum absolute atomic E-state index is 12.7. The zero-order chi connectivity index (χ0) is 41.3. The maximum atomic E-state index is 12.7. The first-order valence-corrected chi connectivity index (χ1v) is 24.4. The number of unbranched alkanes of at least 4 members (excludes halogenated alkanes) is 20. The van der Waals surface area contributed by atoms with Crippen molar-refractivity contribution in [3.63, 3.8) is 0 Å². The molecule has 0 amide bonds. The second-order valence-corrected chi connectivity index (χ2v) is 17.9. The number of allylic oxidation sites excluding steroid dienone is 8. The lowest BCUT2D eigenvalue weighted by atomic mass is 10.0. The number of quaternary nitrogens is 1. The Morgan fingerprint density at radius 1 is 0.571 bits per heavy atom. The van der Waals surface area contributed by atoms with Gasteiger partial charge in [0.15, 0.2) is 0 Å². The van der Waals surface area contributed by atoms with Crippen LogP contribution in [0.15, 0.2) is 48.6 Å². The first-order chi connectivity index (χ1) is 27.1. The fraction of sp³-hybridized carbons (Fsp3) is 0.809. The Kier molecular flexibility index (Phi) is 39.1. The molecule has 0 aliphatic heterocycles. The van der Waals surface area contributed by atoms with E-state index >= 15 is 0 Å². The highest BCUT2D eigenvalue weighted by atomic mass is 31.2. The molecule has 0 rings (SSSR count). The van der Waals surface area contributed by atoms with Gasteiger partial charge in [0.05, 0.1) is 34.4 Å². The molecule has 0 spiro atoms. The van der Waals surface area contributed by atoms with Crippen molar-refractivity contribution in [3.8, 4) is 0 Å². The molecule has 0 aliphatic carbocycles. The highest BCUT2D eigenvalue weighted by Gasteiger charge is 2.26. The van der Waals surface area contributed by atoms with Gasteiger partial charge in [0, 0.05) is 13.0 Å². The summed E-state index contributed by atoms with van der Waals surface area (Å²) in [7, 11) is 1.64. The minimum atomic E-state index is -4.29. The molecular formula is C47H89NO7P+. The molecule has 9 heteroatoms. The quantitative estimate of drug-likeness (QED) is 0.0216. The van der Waals surface area contributed by atoms with E-state index in [4.69, 9.17) is 18.5 Å². The Morgan fingerprint density at radius 2 is 1.04 bits per heavy atom. The molecule has 2 atom stereocenters. The molecule has 8 nitrogen and oxygen atoms in total. The predicted octanol–water partition coefficient (Wildman–Crippen LogP) is 13.6. The lowest BCUT2D eigenvalue weighted by Crippen LogP contribution is -2.37. The summed E-state index contributed by atoms with van der Waals surface area (Å²) < 4.78 is 35.0. The van der Waals surface area contributed by atoms with Crippen molar-refractivity contribution < 1.29 is 37.3 Å². The fourth-order valence-electron chi connectivity index (χ4n) is 6.13. The fourth-order valence-corrected chi connectivity index (χ4v) is 6.87. The zero-order valence-electron chi connectivity index (χ0n) is 37.1. The van der Waals surface area contributed by atoms with Crippen molar-refractivity contribution in [3.05, 3.63) is 48.6 Å². The number of ether oxygens (including phenoxy) is 2. The third-order valence-corrected chi connectivity index (χ3v) is 10.6. The molecular weight excluding hydrogens is 721 g/mol. The summed E-state index contributed by atoms with van der Waals surface area (Å²) in [6.07, 6.45) is 48.7. The Labute approximate surface area is 346 Å². The Bertz CT molecular complexity index is 1040. The normalized spacial score (nSPS) is 14.2. The van der Waals surface area contributed by atoms with Gasteiger partial charge < -0.3 is 18.9 Å². The van der Waals surface area contributed by atoms with E-state index in [2.05, 4.69) is 62.5 Å². The highest BCUT2D eigenvalue weighted by molar-refractivity contribution is 7.47. The SMILES string of the molecule is CC/C=C\C/C=C\C/C=C\C/C=C\CCCCC(=O)OC(COCCCCCCCCCCCCCCCCCCCCC)COP(=O)(O)OCC[N+](C)(C)C. The largest absolute Gasteiger partial charge is 0.472 e. The van der Waals surface area contributed by atoms with Gasteiger partial charge in [-0.25, -0.2) is 4.57 Å². The van der Waals surface area contributed by atoms with Crippen molar-refractivity contribution in [1.29, 1.82) is 0 Å². The van der Waals surface area contributed by atoms with E-state index in [1.807, 2.05) is 21.1 Å². The minimum absolute atomic E-state index is 0.0803. The van der Waals surface area contributed by atoms with Gasteiger partial charge in [-0.15, -0.1) is 0 Å². The van der Waals surface area contributed by atoms with Gasteiger partial charge in [-0.1, -0.05) is 178 Å². The second kappa shape index (κ2) is 40.2. The van der Waals surface area contributed by atoms with Crippen LogP contribution in [-0.4, -0.2) is 75.6 Å². The third-order valence-electron chi connectivity index (χ3n) is 9.65. The van der Waals surface area contributed by atoms with Gasteiger partial charge in [0.2, 0.25) is 0 Å². The summed E-state index contributed by atoms with van der Waals surface area (Å²) in [6.45, 7) is 5.47. The van der Waals surface area contributed by atoms with Gasteiger partial charge in [-0.3, -0.25) is 13.8 Å². The number of hydrogen-bond donors (Lipinski definition) is 1. The monoisotopic (exact) mass is 811 g/mol. The molecule has 0 radical (unpaired) electrons. The van der Waals surface area contributed by atoms with Crippen molar-refractivity contribution in [1.82, 2.24) is 0 Å². The van der Waals surface area contributed by atoms with Crippen LogP contribution in [0.5, 0.6) is 0 Å². The van der Waals surface area contributed by atoms with Crippen LogP contribution in [0.25, 0.3) is 0 Å². The number of carbonyl (C=O) groups is 1. The summed E-state index contributed by atoms with van der Waals surface area (Å²) in [6, 6.07) is 0. The van der Waals surface area contributed by atoms with Gasteiger partial charge in [-0.05, 0) is 51.4 Å². The van der Waals surface area contributed by atoms with Crippen molar-refractivity contribution in [2.45, 2.75) is 193 Å². The van der Waals surface area contributed by atoms with E-state index in [9.17, 15) is 14.3 Å². The Balaban J connectivity index is 4.23. The number of esters is 1. The molecule has 0 aromatic carbocycles. The Hall–Kier alpha value is -1.54. The maximum Gasteiger partial charge on any atom is 0.472 e. The number of hydrogen-bond acceptors (Lipinski definition) is 6. The third kappa shape index (κ3) is 43.6. The van der Waals surface area contributed by atoms with Gasteiger partial charge >= 0.3 is 13.8 Å². The highest BCUT2D eigenvalue weighted by Crippen LogP contribution is 2.43. The van der Waals surface area contributed by atoms with Gasteiger partial charge in [0.1, 0.15) is 19.3 Å². The van der Waals surface area contributed by atoms with E-state index in [1.165, 1.54) is 109 Å². The lowest BCUT2D eigenvalue weighted by Gasteiger charge is -2.24. The molecule has 2 unspecified atom stereocenters. The predicted molar refractivity (Wildman–Crippen MR) is 238 cm³/mol. The smallest absolute Gasteiger partial charge is 0.457 e. The number of phosphoric ester groups is 1. The summed E-state index contributed by atoms with van der Waals surface area (Å²) in [4.78, 5) is 22.9. The lowest BCUT2D eigenvalue weighted by molar-refractivity contribution is -0.870. The summed E-state index contributed by atoms with van der Waals surface area (Å²) in [5.74, 6) is -0.352. The van der Waals surface area contributed by atoms with E-state index in [1.54, 1.807) is 0 Å². The second-order valence-electron chi connectivity index (χ2n) is 16.4. The Morgan fingerprint density at radius 3 is 1.52 bits per heavy atom. The molecule has 0 aliphatic rings.